The van der Waals surface area contributed by atoms with Crippen molar-refractivity contribution >= 4 is 23.2 Å². The average molecular weight is 211 g/mol. The Balaban J connectivity index is 2.75. The first kappa shape index (κ1) is 10.6. The Morgan fingerprint density at radius 2 is 2.14 bits per heavy atom. The second-order valence-corrected chi connectivity index (χ2v) is 3.26. The van der Waals surface area contributed by atoms with Crippen LogP contribution in [-0.2, 0) is 4.79 Å². The second-order valence-electron chi connectivity index (χ2n) is 2.86. The van der Waals surface area contributed by atoms with Crippen molar-refractivity contribution in [3.63, 3.8) is 0 Å². The third kappa shape index (κ3) is 3.11. The van der Waals surface area contributed by atoms with Crippen LogP contribution in [0, 0.1) is 0 Å². The minimum absolute atomic E-state index is 0.280. The number of rotatable bonds is 2. The Hall–Kier alpha value is -1.48. The van der Waals surface area contributed by atoms with E-state index in [1.54, 1.807) is 31.2 Å². The quantitative estimate of drug-likeness (QED) is 0.735. The van der Waals surface area contributed by atoms with Crippen LogP contribution < -0.4 is 11.1 Å². The molecule has 0 heterocycles. The van der Waals surface area contributed by atoms with E-state index in [1.807, 2.05) is 0 Å². The van der Waals surface area contributed by atoms with E-state index in [0.29, 0.717) is 16.4 Å². The molecule has 0 bridgehead atoms. The van der Waals surface area contributed by atoms with Gasteiger partial charge in [0.15, 0.2) is 0 Å². The van der Waals surface area contributed by atoms with E-state index in [4.69, 9.17) is 17.3 Å². The number of allylic oxidation sites excluding steroid dienone is 1. The van der Waals surface area contributed by atoms with E-state index < -0.39 is 0 Å². The molecule has 14 heavy (non-hydrogen) atoms. The number of benzene rings is 1. The fourth-order valence-corrected chi connectivity index (χ4v) is 1.12. The van der Waals surface area contributed by atoms with Gasteiger partial charge < -0.3 is 11.1 Å². The molecule has 1 amide bonds. The van der Waals surface area contributed by atoms with Crippen LogP contribution in [0.2, 0.25) is 5.02 Å². The monoisotopic (exact) mass is 210 g/mol. The Bertz CT molecular complexity index is 370. The van der Waals surface area contributed by atoms with Crippen LogP contribution in [0.1, 0.15) is 6.92 Å². The zero-order valence-corrected chi connectivity index (χ0v) is 8.51. The van der Waals surface area contributed by atoms with E-state index in [2.05, 4.69) is 5.32 Å². The maximum absolute atomic E-state index is 11.2. The van der Waals surface area contributed by atoms with Gasteiger partial charge in [-0.25, -0.2) is 0 Å². The van der Waals surface area contributed by atoms with Crippen molar-refractivity contribution in [1.82, 2.24) is 0 Å². The third-order valence-electron chi connectivity index (χ3n) is 1.49. The van der Waals surface area contributed by atoms with Gasteiger partial charge in [0.25, 0.3) is 0 Å². The largest absolute Gasteiger partial charge is 0.402 e. The van der Waals surface area contributed by atoms with E-state index >= 15 is 0 Å². The molecule has 0 radical (unpaired) electrons. The number of carbonyl (C=O) groups is 1. The highest BCUT2D eigenvalue weighted by molar-refractivity contribution is 6.33. The molecular weight excluding hydrogens is 200 g/mol. The van der Waals surface area contributed by atoms with Crippen molar-refractivity contribution in [2.24, 2.45) is 5.73 Å². The van der Waals surface area contributed by atoms with Gasteiger partial charge >= 0.3 is 0 Å². The number of hydrogen-bond acceptors (Lipinski definition) is 2. The molecule has 3 nitrogen and oxygen atoms in total. The van der Waals surface area contributed by atoms with Gasteiger partial charge in [0, 0.05) is 11.8 Å². The molecule has 0 fully saturated rings. The number of halogens is 1. The fraction of sp³-hybridized carbons (Fsp3) is 0.100. The first-order valence-electron chi connectivity index (χ1n) is 4.09. The third-order valence-corrected chi connectivity index (χ3v) is 1.82. The molecular formula is C10H11ClN2O. The van der Waals surface area contributed by atoms with Gasteiger partial charge in [0.05, 0.1) is 10.7 Å². The summed E-state index contributed by atoms with van der Waals surface area (Å²) in [4.78, 5) is 11.2. The lowest BCUT2D eigenvalue weighted by Crippen LogP contribution is -2.10. The van der Waals surface area contributed by atoms with Gasteiger partial charge in [0.2, 0.25) is 5.91 Å². The van der Waals surface area contributed by atoms with Gasteiger partial charge in [-0.1, -0.05) is 23.7 Å². The van der Waals surface area contributed by atoms with Gasteiger partial charge in [-0.2, -0.15) is 0 Å². The molecule has 3 N–H and O–H groups in total. The lowest BCUT2D eigenvalue weighted by atomic mass is 10.3. The van der Waals surface area contributed by atoms with Crippen molar-refractivity contribution < 1.29 is 4.79 Å². The lowest BCUT2D eigenvalue weighted by Gasteiger charge is -2.03. The summed E-state index contributed by atoms with van der Waals surface area (Å²) in [5.41, 5.74) is 6.39. The second kappa shape index (κ2) is 4.67. The minimum atomic E-state index is -0.280. The van der Waals surface area contributed by atoms with E-state index in [0.717, 1.165) is 0 Å². The molecule has 0 aliphatic carbocycles. The summed E-state index contributed by atoms with van der Waals surface area (Å²) in [6, 6.07) is 7.01. The maximum atomic E-state index is 11.2. The number of anilines is 1. The molecule has 0 atom stereocenters. The summed E-state index contributed by atoms with van der Waals surface area (Å²) >= 11 is 5.84. The zero-order valence-electron chi connectivity index (χ0n) is 7.75. The Labute approximate surface area is 87.6 Å². The highest BCUT2D eigenvalue weighted by Crippen LogP contribution is 2.20. The average Bonchev–Trinajstić information content (AvgIpc) is 2.07. The van der Waals surface area contributed by atoms with Crippen LogP contribution in [0.4, 0.5) is 5.69 Å². The molecule has 0 unspecified atom stereocenters. The van der Waals surface area contributed by atoms with E-state index in [-0.39, 0.29) is 5.91 Å². The van der Waals surface area contributed by atoms with Crippen LogP contribution in [0.5, 0.6) is 0 Å². The van der Waals surface area contributed by atoms with Crippen molar-refractivity contribution in [3.05, 3.63) is 41.1 Å². The van der Waals surface area contributed by atoms with Gasteiger partial charge in [-0.15, -0.1) is 0 Å². The predicted molar refractivity (Wildman–Crippen MR) is 58.0 cm³/mol. The molecule has 74 valence electrons. The topological polar surface area (TPSA) is 55.1 Å². The first-order valence-corrected chi connectivity index (χ1v) is 4.46. The van der Waals surface area contributed by atoms with Crippen LogP contribution in [0.25, 0.3) is 0 Å². The zero-order chi connectivity index (χ0) is 10.6. The predicted octanol–water partition coefficient (Wildman–Crippen LogP) is 2.14. The van der Waals surface area contributed by atoms with Crippen molar-refractivity contribution in [1.29, 1.82) is 0 Å². The van der Waals surface area contributed by atoms with Crippen LogP contribution in [0.3, 0.4) is 0 Å². The van der Waals surface area contributed by atoms with E-state index in [9.17, 15) is 4.79 Å². The van der Waals surface area contributed by atoms with Gasteiger partial charge in [-0.05, 0) is 19.1 Å². The molecule has 1 aromatic carbocycles. The number of carbonyl (C=O) groups excluding carboxylic acids is 1. The van der Waals surface area contributed by atoms with Crippen molar-refractivity contribution in [2.45, 2.75) is 6.92 Å². The molecule has 1 rings (SSSR count). The number of amides is 1. The van der Waals surface area contributed by atoms with Crippen LogP contribution in [0.15, 0.2) is 36.0 Å². The number of hydrogen-bond donors (Lipinski definition) is 2. The van der Waals surface area contributed by atoms with E-state index in [1.165, 1.54) is 6.08 Å². The molecule has 0 saturated carbocycles. The first-order chi connectivity index (χ1) is 6.59. The Morgan fingerprint density at radius 1 is 1.50 bits per heavy atom. The Kier molecular flexibility index (Phi) is 3.54. The smallest absolute Gasteiger partial charge is 0.250 e. The highest BCUT2D eigenvalue weighted by Gasteiger charge is 2.01. The van der Waals surface area contributed by atoms with Gasteiger partial charge in [-0.3, -0.25) is 4.79 Å². The van der Waals surface area contributed by atoms with Crippen molar-refractivity contribution in [2.75, 3.05) is 5.32 Å². The highest BCUT2D eigenvalue weighted by atomic mass is 35.5. The van der Waals surface area contributed by atoms with Crippen molar-refractivity contribution in [3.8, 4) is 0 Å². The summed E-state index contributed by atoms with van der Waals surface area (Å²) in [6.45, 7) is 1.65. The van der Waals surface area contributed by atoms with Gasteiger partial charge in [0.1, 0.15) is 0 Å². The Morgan fingerprint density at radius 3 is 2.71 bits per heavy atom. The summed E-state index contributed by atoms with van der Waals surface area (Å²) in [7, 11) is 0. The fourth-order valence-electron chi connectivity index (χ4n) is 0.938. The molecule has 0 saturated heterocycles. The molecule has 4 heteroatoms. The molecule has 0 aromatic heterocycles. The summed E-state index contributed by atoms with van der Waals surface area (Å²) in [5.74, 6) is -0.280. The summed E-state index contributed by atoms with van der Waals surface area (Å²) in [5, 5.41) is 3.12. The number of para-hydroxylation sites is 1. The summed E-state index contributed by atoms with van der Waals surface area (Å²) in [6.07, 6.45) is 1.31. The maximum Gasteiger partial charge on any atom is 0.250 e. The molecule has 0 aliphatic heterocycles. The number of nitrogens with one attached hydrogen (secondary N) is 1. The van der Waals surface area contributed by atoms with Crippen LogP contribution in [-0.4, -0.2) is 5.91 Å². The molecule has 0 aliphatic rings. The standard InChI is InChI=1S/C10H11ClN2O/c1-7(12)6-10(14)13-9-5-3-2-4-8(9)11/h2-6H,12H2,1H3,(H,13,14)/b7-6+. The lowest BCUT2D eigenvalue weighted by molar-refractivity contribution is -0.111. The number of nitrogens with two attached hydrogens (primary N) is 1. The minimum Gasteiger partial charge on any atom is -0.402 e. The van der Waals surface area contributed by atoms with Crippen LogP contribution >= 0.6 is 11.6 Å². The normalized spacial score (nSPS) is 11.1. The summed E-state index contributed by atoms with van der Waals surface area (Å²) < 4.78 is 0. The molecule has 0 spiro atoms. The molecule has 1 aromatic rings. The SMILES string of the molecule is C/C(N)=C\C(=O)Nc1ccccc1Cl.